The fourth-order valence-corrected chi connectivity index (χ4v) is 1.61. The molecule has 0 radical (unpaired) electrons. The lowest BCUT2D eigenvalue weighted by atomic mass is 10.1. The van der Waals surface area contributed by atoms with Crippen LogP contribution in [0.5, 0.6) is 0 Å². The number of carbonyl (C=O) groups excluding carboxylic acids is 2. The number of rotatable bonds is 0. The van der Waals surface area contributed by atoms with E-state index in [1.807, 2.05) is 0 Å². The maximum atomic E-state index is 11.9. The number of benzene rings is 1. The van der Waals surface area contributed by atoms with Crippen LogP contribution in [0.4, 0.5) is 11.4 Å². The van der Waals surface area contributed by atoms with Crippen LogP contribution in [-0.2, 0) is 4.79 Å². The Kier molecular flexibility index (Phi) is 2.11. The number of nitrogens with two attached hydrogens (primary N) is 1. The highest BCUT2D eigenvalue weighted by Gasteiger charge is 2.34. The average Bonchev–Trinajstić information content (AvgIpc) is 2.23. The quantitative estimate of drug-likeness (QED) is 0.562. The summed E-state index contributed by atoms with van der Waals surface area (Å²) in [6.07, 6.45) is 0. The Morgan fingerprint density at radius 3 is 2.62 bits per heavy atom. The Hall–Kier alpha value is -2.04. The van der Waals surface area contributed by atoms with E-state index in [0.717, 1.165) is 0 Å². The molecule has 0 saturated carbocycles. The van der Waals surface area contributed by atoms with Crippen molar-refractivity contribution in [2.24, 2.45) is 0 Å². The van der Waals surface area contributed by atoms with Crippen molar-refractivity contribution in [1.29, 1.82) is 0 Å². The second-order valence-electron chi connectivity index (χ2n) is 4.30. The lowest BCUT2D eigenvalue weighted by Crippen LogP contribution is -2.50. The zero-order valence-corrected chi connectivity index (χ0v) is 9.13. The summed E-state index contributed by atoms with van der Waals surface area (Å²) in [4.78, 5) is 23.7. The summed E-state index contributed by atoms with van der Waals surface area (Å²) in [5, 5.41) is 5.32. The van der Waals surface area contributed by atoms with Crippen LogP contribution >= 0.6 is 0 Å². The summed E-state index contributed by atoms with van der Waals surface area (Å²) in [5.74, 6) is -0.596. The first kappa shape index (κ1) is 10.5. The van der Waals surface area contributed by atoms with Crippen molar-refractivity contribution in [1.82, 2.24) is 5.32 Å². The Morgan fingerprint density at radius 1 is 1.25 bits per heavy atom. The van der Waals surface area contributed by atoms with Crippen molar-refractivity contribution >= 4 is 23.2 Å². The first-order chi connectivity index (χ1) is 7.42. The molecule has 2 amide bonds. The third-order valence-corrected chi connectivity index (χ3v) is 2.57. The SMILES string of the molecule is CC1(C)NC(=O)c2c(N)cccc2NC1=O. The molecule has 0 unspecified atom stereocenters. The maximum absolute atomic E-state index is 11.9. The molecular formula is C11H13N3O2. The summed E-state index contributed by atoms with van der Waals surface area (Å²) in [6, 6.07) is 4.98. The zero-order chi connectivity index (χ0) is 11.9. The molecule has 5 nitrogen and oxygen atoms in total. The summed E-state index contributed by atoms with van der Waals surface area (Å²) in [5.41, 5.74) is 5.91. The van der Waals surface area contributed by atoms with Gasteiger partial charge in [0, 0.05) is 5.69 Å². The third kappa shape index (κ3) is 1.50. The smallest absolute Gasteiger partial charge is 0.256 e. The molecule has 1 heterocycles. The summed E-state index contributed by atoms with van der Waals surface area (Å²) < 4.78 is 0. The van der Waals surface area contributed by atoms with Gasteiger partial charge in [0.2, 0.25) is 5.91 Å². The molecule has 0 fully saturated rings. The van der Waals surface area contributed by atoms with Crippen LogP contribution in [0.1, 0.15) is 24.2 Å². The Labute approximate surface area is 93.0 Å². The highest BCUT2D eigenvalue weighted by Crippen LogP contribution is 2.26. The molecule has 0 atom stereocenters. The van der Waals surface area contributed by atoms with Crippen LogP contribution < -0.4 is 16.4 Å². The Morgan fingerprint density at radius 2 is 1.94 bits per heavy atom. The van der Waals surface area contributed by atoms with Gasteiger partial charge in [0.05, 0.1) is 11.3 Å². The van der Waals surface area contributed by atoms with Gasteiger partial charge < -0.3 is 16.4 Å². The van der Waals surface area contributed by atoms with Crippen LogP contribution in [-0.4, -0.2) is 17.4 Å². The fraction of sp³-hybridized carbons (Fsp3) is 0.273. The maximum Gasteiger partial charge on any atom is 0.256 e. The number of carbonyl (C=O) groups is 2. The normalized spacial score (nSPS) is 18.1. The topological polar surface area (TPSA) is 84.2 Å². The Balaban J connectivity index is 2.58. The van der Waals surface area contributed by atoms with E-state index in [-0.39, 0.29) is 11.8 Å². The van der Waals surface area contributed by atoms with Gasteiger partial charge in [-0.15, -0.1) is 0 Å². The molecule has 0 aliphatic carbocycles. The van der Waals surface area contributed by atoms with Crippen LogP contribution in [0.3, 0.4) is 0 Å². The van der Waals surface area contributed by atoms with E-state index in [9.17, 15) is 9.59 Å². The van der Waals surface area contributed by atoms with Gasteiger partial charge in [-0.05, 0) is 26.0 Å². The van der Waals surface area contributed by atoms with Crippen LogP contribution in [0.15, 0.2) is 18.2 Å². The minimum absolute atomic E-state index is 0.259. The lowest BCUT2D eigenvalue weighted by molar-refractivity contribution is -0.120. The minimum atomic E-state index is -0.942. The standard InChI is InChI=1S/C11H13N3O2/c1-11(2)10(16)13-7-5-3-4-6(12)8(7)9(15)14-11/h3-5H,12H2,1-2H3,(H,13,16)(H,14,15). The molecule has 0 spiro atoms. The zero-order valence-electron chi connectivity index (χ0n) is 9.13. The van der Waals surface area contributed by atoms with Gasteiger partial charge in [0.15, 0.2) is 0 Å². The summed E-state index contributed by atoms with van der Waals surface area (Å²) in [6.45, 7) is 3.28. The monoisotopic (exact) mass is 219 g/mol. The fourth-order valence-electron chi connectivity index (χ4n) is 1.61. The number of nitrogens with one attached hydrogen (secondary N) is 2. The molecule has 1 aromatic carbocycles. The van der Waals surface area contributed by atoms with Gasteiger partial charge in [-0.3, -0.25) is 9.59 Å². The van der Waals surface area contributed by atoms with E-state index in [4.69, 9.17) is 5.73 Å². The molecule has 5 heteroatoms. The van der Waals surface area contributed by atoms with Gasteiger partial charge in [0.1, 0.15) is 5.54 Å². The van der Waals surface area contributed by atoms with Crippen molar-refractivity contribution in [3.8, 4) is 0 Å². The molecule has 0 aromatic heterocycles. The highest BCUT2D eigenvalue weighted by molar-refractivity contribution is 6.13. The predicted octanol–water partition coefficient (Wildman–Crippen LogP) is 0.729. The number of anilines is 2. The first-order valence-corrected chi connectivity index (χ1v) is 4.94. The molecular weight excluding hydrogens is 206 g/mol. The lowest BCUT2D eigenvalue weighted by Gasteiger charge is -2.21. The average molecular weight is 219 g/mol. The van der Waals surface area contributed by atoms with Gasteiger partial charge in [-0.1, -0.05) is 6.07 Å². The van der Waals surface area contributed by atoms with E-state index in [0.29, 0.717) is 16.9 Å². The molecule has 1 aliphatic rings. The number of hydrogen-bond acceptors (Lipinski definition) is 3. The molecule has 0 bridgehead atoms. The molecule has 1 aliphatic heterocycles. The van der Waals surface area contributed by atoms with E-state index in [1.54, 1.807) is 32.0 Å². The van der Waals surface area contributed by atoms with Crippen LogP contribution in [0, 0.1) is 0 Å². The molecule has 16 heavy (non-hydrogen) atoms. The first-order valence-electron chi connectivity index (χ1n) is 4.94. The van der Waals surface area contributed by atoms with E-state index < -0.39 is 5.54 Å². The van der Waals surface area contributed by atoms with Crippen molar-refractivity contribution in [3.63, 3.8) is 0 Å². The molecule has 0 saturated heterocycles. The van der Waals surface area contributed by atoms with Crippen LogP contribution in [0.2, 0.25) is 0 Å². The second kappa shape index (κ2) is 3.23. The van der Waals surface area contributed by atoms with Gasteiger partial charge in [-0.25, -0.2) is 0 Å². The Bertz CT molecular complexity index is 480. The van der Waals surface area contributed by atoms with E-state index >= 15 is 0 Å². The molecule has 4 N–H and O–H groups in total. The van der Waals surface area contributed by atoms with E-state index in [1.165, 1.54) is 0 Å². The van der Waals surface area contributed by atoms with Gasteiger partial charge >= 0.3 is 0 Å². The van der Waals surface area contributed by atoms with Crippen molar-refractivity contribution < 1.29 is 9.59 Å². The van der Waals surface area contributed by atoms with Gasteiger partial charge in [-0.2, -0.15) is 0 Å². The minimum Gasteiger partial charge on any atom is -0.398 e. The number of fused-ring (bicyclic) bond motifs is 1. The number of nitrogen functional groups attached to an aromatic ring is 1. The van der Waals surface area contributed by atoms with Gasteiger partial charge in [0.25, 0.3) is 5.91 Å². The van der Waals surface area contributed by atoms with E-state index in [2.05, 4.69) is 10.6 Å². The van der Waals surface area contributed by atoms with Crippen molar-refractivity contribution in [2.45, 2.75) is 19.4 Å². The summed E-state index contributed by atoms with van der Waals surface area (Å²) >= 11 is 0. The number of hydrogen-bond donors (Lipinski definition) is 3. The highest BCUT2D eigenvalue weighted by atomic mass is 16.2. The second-order valence-corrected chi connectivity index (χ2v) is 4.30. The van der Waals surface area contributed by atoms with Crippen molar-refractivity contribution in [2.75, 3.05) is 11.1 Å². The predicted molar refractivity (Wildman–Crippen MR) is 61.0 cm³/mol. The summed E-state index contributed by atoms with van der Waals surface area (Å²) in [7, 11) is 0. The van der Waals surface area contributed by atoms with Crippen LogP contribution in [0.25, 0.3) is 0 Å². The molecule has 1 aromatic rings. The molecule has 2 rings (SSSR count). The third-order valence-electron chi connectivity index (χ3n) is 2.57. The van der Waals surface area contributed by atoms with Crippen molar-refractivity contribution in [3.05, 3.63) is 23.8 Å². The largest absolute Gasteiger partial charge is 0.398 e. The number of amides is 2. The molecule has 84 valence electrons.